The van der Waals surface area contributed by atoms with Crippen molar-refractivity contribution in [2.75, 3.05) is 18.1 Å². The summed E-state index contributed by atoms with van der Waals surface area (Å²) in [6, 6.07) is 5.93. The van der Waals surface area contributed by atoms with Crippen molar-refractivity contribution in [2.24, 2.45) is 7.05 Å². The lowest BCUT2D eigenvalue weighted by molar-refractivity contribution is 0.505. The highest BCUT2D eigenvalue weighted by molar-refractivity contribution is 9.10. The van der Waals surface area contributed by atoms with Crippen molar-refractivity contribution in [3.05, 3.63) is 28.5 Å². The number of nitrogens with zero attached hydrogens (tertiary/aromatic N) is 2. The van der Waals surface area contributed by atoms with Gasteiger partial charge in [-0.1, -0.05) is 15.9 Å². The zero-order valence-corrected chi connectivity index (χ0v) is 13.5. The van der Waals surface area contributed by atoms with Gasteiger partial charge in [0.25, 0.3) is 0 Å². The fourth-order valence-electron chi connectivity index (χ4n) is 2.62. The van der Waals surface area contributed by atoms with Crippen molar-refractivity contribution < 1.29 is 8.42 Å². The standard InChI is InChI=1S/C13H16BrN3O2S/c1-17-12-3-2-9(14)6-11(12)16-13(17)7-10-8-20(18,19)5-4-15-10/h2-3,6,10,15H,4-5,7-8H2,1H3. The van der Waals surface area contributed by atoms with Crippen LogP contribution in [0.1, 0.15) is 5.82 Å². The molecule has 1 aromatic heterocycles. The second kappa shape index (κ2) is 5.13. The van der Waals surface area contributed by atoms with Gasteiger partial charge in [0, 0.05) is 30.5 Å². The first-order valence-corrected chi connectivity index (χ1v) is 9.11. The van der Waals surface area contributed by atoms with Gasteiger partial charge in [-0.2, -0.15) is 0 Å². The number of benzene rings is 1. The molecule has 2 heterocycles. The summed E-state index contributed by atoms with van der Waals surface area (Å²) in [5.74, 6) is 1.34. The highest BCUT2D eigenvalue weighted by atomic mass is 79.9. The predicted molar refractivity (Wildman–Crippen MR) is 82.6 cm³/mol. The summed E-state index contributed by atoms with van der Waals surface area (Å²) in [6.07, 6.45) is 0.627. The number of imidazole rings is 1. The van der Waals surface area contributed by atoms with Gasteiger partial charge in [-0.15, -0.1) is 0 Å². The van der Waals surface area contributed by atoms with Crippen LogP contribution in [-0.2, 0) is 23.3 Å². The molecule has 1 fully saturated rings. The van der Waals surface area contributed by atoms with Crippen molar-refractivity contribution >= 4 is 36.8 Å². The minimum Gasteiger partial charge on any atom is -0.331 e. The van der Waals surface area contributed by atoms with Crippen LogP contribution in [-0.4, -0.2) is 42.1 Å². The van der Waals surface area contributed by atoms with E-state index in [2.05, 4.69) is 26.2 Å². The lowest BCUT2D eigenvalue weighted by Crippen LogP contribution is -2.46. The number of hydrogen-bond acceptors (Lipinski definition) is 4. The molecule has 0 aliphatic carbocycles. The molecule has 1 N–H and O–H groups in total. The molecule has 5 nitrogen and oxygen atoms in total. The van der Waals surface area contributed by atoms with Crippen molar-refractivity contribution in [1.82, 2.24) is 14.9 Å². The zero-order valence-electron chi connectivity index (χ0n) is 11.1. The van der Waals surface area contributed by atoms with E-state index < -0.39 is 9.84 Å². The molecular weight excluding hydrogens is 342 g/mol. The molecule has 7 heteroatoms. The van der Waals surface area contributed by atoms with Gasteiger partial charge in [0.2, 0.25) is 0 Å². The Labute approximate surface area is 126 Å². The molecule has 0 amide bonds. The molecule has 0 spiro atoms. The first-order chi connectivity index (χ1) is 9.44. The molecule has 20 heavy (non-hydrogen) atoms. The third-order valence-electron chi connectivity index (χ3n) is 3.67. The van der Waals surface area contributed by atoms with Crippen LogP contribution in [0.5, 0.6) is 0 Å². The Bertz CT molecular complexity index is 754. The second-order valence-corrected chi connectivity index (χ2v) is 8.33. The van der Waals surface area contributed by atoms with Gasteiger partial charge in [0.1, 0.15) is 5.82 Å². The van der Waals surface area contributed by atoms with E-state index in [0.717, 1.165) is 21.3 Å². The number of halogens is 1. The molecule has 2 aromatic rings. The molecule has 0 radical (unpaired) electrons. The van der Waals surface area contributed by atoms with E-state index >= 15 is 0 Å². The van der Waals surface area contributed by atoms with Crippen LogP contribution >= 0.6 is 15.9 Å². The van der Waals surface area contributed by atoms with Crippen LogP contribution in [0.2, 0.25) is 0 Å². The third kappa shape index (κ3) is 2.75. The Morgan fingerprint density at radius 2 is 2.30 bits per heavy atom. The minimum atomic E-state index is -2.91. The molecule has 1 aliphatic rings. The molecule has 1 unspecified atom stereocenters. The van der Waals surface area contributed by atoms with Crippen LogP contribution in [0.4, 0.5) is 0 Å². The van der Waals surface area contributed by atoms with Gasteiger partial charge in [-0.3, -0.25) is 0 Å². The summed E-state index contributed by atoms with van der Waals surface area (Å²) in [5.41, 5.74) is 1.98. The van der Waals surface area contributed by atoms with Crippen molar-refractivity contribution in [1.29, 1.82) is 0 Å². The summed E-state index contributed by atoms with van der Waals surface area (Å²) < 4.78 is 26.4. The summed E-state index contributed by atoms with van der Waals surface area (Å²) in [5, 5.41) is 3.26. The largest absolute Gasteiger partial charge is 0.331 e. The maximum atomic E-state index is 11.7. The average Bonchev–Trinajstić information content (AvgIpc) is 2.64. The molecule has 0 bridgehead atoms. The van der Waals surface area contributed by atoms with Gasteiger partial charge >= 0.3 is 0 Å². The van der Waals surface area contributed by atoms with Crippen LogP contribution < -0.4 is 5.32 Å². The van der Waals surface area contributed by atoms with Crippen molar-refractivity contribution in [3.63, 3.8) is 0 Å². The summed E-state index contributed by atoms with van der Waals surface area (Å²) in [7, 11) is -0.941. The van der Waals surface area contributed by atoms with Crippen LogP contribution in [0.25, 0.3) is 11.0 Å². The molecule has 108 valence electrons. The number of aryl methyl sites for hydroxylation is 1. The number of rotatable bonds is 2. The topological polar surface area (TPSA) is 64.0 Å². The van der Waals surface area contributed by atoms with E-state index in [-0.39, 0.29) is 17.5 Å². The first kappa shape index (κ1) is 14.0. The quantitative estimate of drug-likeness (QED) is 0.878. The number of fused-ring (bicyclic) bond motifs is 1. The smallest absolute Gasteiger partial charge is 0.153 e. The van der Waals surface area contributed by atoms with E-state index in [0.29, 0.717) is 13.0 Å². The van der Waals surface area contributed by atoms with Gasteiger partial charge < -0.3 is 9.88 Å². The number of hydrogen-bond donors (Lipinski definition) is 1. The van der Waals surface area contributed by atoms with Crippen molar-refractivity contribution in [3.8, 4) is 0 Å². The molecular formula is C13H16BrN3O2S. The SMILES string of the molecule is Cn1c(CC2CS(=O)(=O)CCN2)nc2cc(Br)ccc21. The van der Waals surface area contributed by atoms with Crippen molar-refractivity contribution in [2.45, 2.75) is 12.5 Å². The highest BCUT2D eigenvalue weighted by Crippen LogP contribution is 2.21. The zero-order chi connectivity index (χ0) is 14.3. The van der Waals surface area contributed by atoms with Gasteiger partial charge in [0.15, 0.2) is 9.84 Å². The van der Waals surface area contributed by atoms with Gasteiger partial charge in [-0.25, -0.2) is 13.4 Å². The number of sulfone groups is 1. The molecule has 1 aliphatic heterocycles. The van der Waals surface area contributed by atoms with Gasteiger partial charge in [-0.05, 0) is 18.2 Å². The Kier molecular flexibility index (Phi) is 3.60. The molecule has 1 atom stereocenters. The van der Waals surface area contributed by atoms with E-state index in [1.54, 1.807) is 0 Å². The maximum Gasteiger partial charge on any atom is 0.153 e. The second-order valence-electron chi connectivity index (χ2n) is 5.19. The number of nitrogens with one attached hydrogen (secondary N) is 1. The summed E-state index contributed by atoms with van der Waals surface area (Å²) in [4.78, 5) is 4.61. The summed E-state index contributed by atoms with van der Waals surface area (Å²) >= 11 is 3.44. The Hall–Kier alpha value is -0.920. The highest BCUT2D eigenvalue weighted by Gasteiger charge is 2.25. The van der Waals surface area contributed by atoms with Gasteiger partial charge in [0.05, 0.1) is 22.5 Å². The molecule has 3 rings (SSSR count). The molecule has 1 aromatic carbocycles. The monoisotopic (exact) mass is 357 g/mol. The first-order valence-electron chi connectivity index (χ1n) is 6.49. The fourth-order valence-corrected chi connectivity index (χ4v) is 4.42. The van der Waals surface area contributed by atoms with E-state index in [1.807, 2.05) is 29.8 Å². The van der Waals surface area contributed by atoms with Crippen LogP contribution in [0.15, 0.2) is 22.7 Å². The molecule has 0 saturated carbocycles. The Balaban J connectivity index is 1.89. The average molecular weight is 358 g/mol. The fraction of sp³-hybridized carbons (Fsp3) is 0.462. The third-order valence-corrected chi connectivity index (χ3v) is 5.90. The van der Waals surface area contributed by atoms with E-state index in [9.17, 15) is 8.42 Å². The summed E-state index contributed by atoms with van der Waals surface area (Å²) in [6.45, 7) is 0.530. The number of aromatic nitrogens is 2. The van der Waals surface area contributed by atoms with E-state index in [4.69, 9.17) is 0 Å². The lowest BCUT2D eigenvalue weighted by Gasteiger charge is -2.23. The predicted octanol–water partition coefficient (Wildman–Crippen LogP) is 1.26. The Morgan fingerprint density at radius 3 is 3.05 bits per heavy atom. The molecule has 1 saturated heterocycles. The Morgan fingerprint density at radius 1 is 1.50 bits per heavy atom. The van der Waals surface area contributed by atoms with Crippen LogP contribution in [0.3, 0.4) is 0 Å². The maximum absolute atomic E-state index is 11.7. The normalized spacial score (nSPS) is 22.2. The van der Waals surface area contributed by atoms with E-state index in [1.165, 1.54) is 0 Å². The lowest BCUT2D eigenvalue weighted by atomic mass is 10.2. The minimum absolute atomic E-state index is 0.0484. The van der Waals surface area contributed by atoms with Crippen LogP contribution in [0, 0.1) is 0 Å².